The van der Waals surface area contributed by atoms with Crippen LogP contribution in [0.3, 0.4) is 0 Å². The summed E-state index contributed by atoms with van der Waals surface area (Å²) in [5, 5.41) is 9.17. The molecule has 2 aromatic carbocycles. The molecule has 0 aromatic heterocycles. The number of aliphatic carboxylic acids is 1. The molecule has 0 bridgehead atoms. The van der Waals surface area contributed by atoms with E-state index in [-0.39, 0.29) is 5.82 Å². The van der Waals surface area contributed by atoms with Gasteiger partial charge in [-0.15, -0.1) is 0 Å². The number of carboxylic acid groups (broad SMARTS) is 1. The Morgan fingerprint density at radius 2 is 1.68 bits per heavy atom. The first-order chi connectivity index (χ1) is 8.91. The third-order valence-corrected chi connectivity index (χ3v) is 3.30. The average molecular weight is 258 g/mol. The minimum absolute atomic E-state index is 0.285. The molecule has 2 aromatic rings. The molecule has 1 N–H and O–H groups in total. The summed E-state index contributed by atoms with van der Waals surface area (Å²) in [7, 11) is 0. The number of carboxylic acids is 1. The second kappa shape index (κ2) is 4.84. The zero-order valence-electron chi connectivity index (χ0n) is 10.9. The van der Waals surface area contributed by atoms with Gasteiger partial charge in [0.1, 0.15) is 5.82 Å². The maximum Gasteiger partial charge on any atom is 0.313 e. The summed E-state index contributed by atoms with van der Waals surface area (Å²) in [5.41, 5.74) is 1.43. The van der Waals surface area contributed by atoms with Gasteiger partial charge in [-0.05, 0) is 42.7 Å². The molecule has 0 saturated heterocycles. The van der Waals surface area contributed by atoms with E-state index in [2.05, 4.69) is 0 Å². The van der Waals surface area contributed by atoms with Crippen LogP contribution in [0.5, 0.6) is 0 Å². The highest BCUT2D eigenvalue weighted by atomic mass is 19.1. The molecule has 2 nitrogen and oxygen atoms in total. The van der Waals surface area contributed by atoms with E-state index in [4.69, 9.17) is 5.11 Å². The molecule has 0 heterocycles. The molecule has 98 valence electrons. The number of hydrogen-bond acceptors (Lipinski definition) is 1. The summed E-state index contributed by atoms with van der Waals surface area (Å²) in [6.07, 6.45) is 0. The predicted molar refractivity (Wildman–Crippen MR) is 72.5 cm³/mol. The Kier molecular flexibility index (Phi) is 3.38. The fraction of sp³-hybridized carbons (Fsp3) is 0.188. The second-order valence-electron chi connectivity index (χ2n) is 5.02. The van der Waals surface area contributed by atoms with E-state index >= 15 is 0 Å². The van der Waals surface area contributed by atoms with E-state index in [0.717, 1.165) is 16.7 Å². The van der Waals surface area contributed by atoms with Crippen LogP contribution >= 0.6 is 0 Å². The van der Waals surface area contributed by atoms with Crippen molar-refractivity contribution in [1.82, 2.24) is 0 Å². The summed E-state index contributed by atoms with van der Waals surface area (Å²) >= 11 is 0. The molecule has 0 amide bonds. The highest BCUT2D eigenvalue weighted by Gasteiger charge is 2.29. The molecule has 0 radical (unpaired) electrons. The van der Waals surface area contributed by atoms with Crippen LogP contribution in [-0.4, -0.2) is 11.1 Å². The molecule has 3 heteroatoms. The number of benzene rings is 2. The fourth-order valence-corrected chi connectivity index (χ4v) is 1.87. The van der Waals surface area contributed by atoms with Crippen LogP contribution in [0, 0.1) is 5.82 Å². The second-order valence-corrected chi connectivity index (χ2v) is 5.02. The summed E-state index contributed by atoms with van der Waals surface area (Å²) in [5.74, 6) is -1.15. The lowest BCUT2D eigenvalue weighted by atomic mass is 9.84. The Labute approximate surface area is 111 Å². The van der Waals surface area contributed by atoms with Crippen molar-refractivity contribution in [3.05, 3.63) is 59.9 Å². The van der Waals surface area contributed by atoms with Crippen molar-refractivity contribution in [2.45, 2.75) is 19.3 Å². The molecule has 0 aliphatic heterocycles. The van der Waals surface area contributed by atoms with Gasteiger partial charge in [0.05, 0.1) is 5.41 Å². The molecule has 0 fully saturated rings. The van der Waals surface area contributed by atoms with Gasteiger partial charge in [-0.2, -0.15) is 0 Å². The van der Waals surface area contributed by atoms with E-state index < -0.39 is 11.4 Å². The standard InChI is InChI=1S/C16H15FO2/c1-16(2,15(18)19)13-8-6-11(7-9-13)12-4-3-5-14(17)10-12/h3-10H,1-2H3,(H,18,19). The van der Waals surface area contributed by atoms with Crippen LogP contribution < -0.4 is 0 Å². The van der Waals surface area contributed by atoms with Gasteiger partial charge in [0.15, 0.2) is 0 Å². The molecular formula is C16H15FO2. The first-order valence-corrected chi connectivity index (χ1v) is 6.01. The zero-order chi connectivity index (χ0) is 14.0. The van der Waals surface area contributed by atoms with Gasteiger partial charge in [0.2, 0.25) is 0 Å². The van der Waals surface area contributed by atoms with Crippen molar-refractivity contribution in [2.24, 2.45) is 0 Å². The number of halogens is 1. The number of carbonyl (C=O) groups is 1. The van der Waals surface area contributed by atoms with E-state index in [0.29, 0.717) is 0 Å². The smallest absolute Gasteiger partial charge is 0.313 e. The monoisotopic (exact) mass is 258 g/mol. The highest BCUT2D eigenvalue weighted by molar-refractivity contribution is 5.80. The minimum Gasteiger partial charge on any atom is -0.481 e. The summed E-state index contributed by atoms with van der Waals surface area (Å²) in [4.78, 5) is 11.2. The van der Waals surface area contributed by atoms with Crippen LogP contribution in [0.4, 0.5) is 4.39 Å². The predicted octanol–water partition coefficient (Wildman–Crippen LogP) is 3.85. The maximum absolute atomic E-state index is 13.1. The van der Waals surface area contributed by atoms with Gasteiger partial charge in [0, 0.05) is 0 Å². The van der Waals surface area contributed by atoms with Gasteiger partial charge < -0.3 is 5.11 Å². The van der Waals surface area contributed by atoms with Crippen molar-refractivity contribution in [2.75, 3.05) is 0 Å². The summed E-state index contributed by atoms with van der Waals surface area (Å²) in [6, 6.07) is 13.5. The lowest BCUT2D eigenvalue weighted by molar-refractivity contribution is -0.142. The Morgan fingerprint density at radius 3 is 2.21 bits per heavy atom. The van der Waals surface area contributed by atoms with Crippen LogP contribution in [-0.2, 0) is 10.2 Å². The summed E-state index contributed by atoms with van der Waals surface area (Å²) < 4.78 is 13.1. The Morgan fingerprint density at radius 1 is 1.05 bits per heavy atom. The fourth-order valence-electron chi connectivity index (χ4n) is 1.87. The van der Waals surface area contributed by atoms with Crippen LogP contribution in [0.15, 0.2) is 48.5 Å². The molecule has 0 spiro atoms. The van der Waals surface area contributed by atoms with Crippen molar-refractivity contribution in [3.8, 4) is 11.1 Å². The van der Waals surface area contributed by atoms with E-state index in [1.165, 1.54) is 12.1 Å². The number of rotatable bonds is 3. The Bertz CT molecular complexity index is 600. The van der Waals surface area contributed by atoms with Crippen LogP contribution in [0.2, 0.25) is 0 Å². The van der Waals surface area contributed by atoms with E-state index in [1.807, 2.05) is 18.2 Å². The van der Waals surface area contributed by atoms with E-state index in [9.17, 15) is 9.18 Å². The van der Waals surface area contributed by atoms with Crippen molar-refractivity contribution < 1.29 is 14.3 Å². The first-order valence-electron chi connectivity index (χ1n) is 6.01. The third kappa shape index (κ3) is 2.65. The average Bonchev–Trinajstić information content (AvgIpc) is 2.38. The Balaban J connectivity index is 2.36. The molecule has 19 heavy (non-hydrogen) atoms. The Hall–Kier alpha value is -2.16. The lowest BCUT2D eigenvalue weighted by Crippen LogP contribution is -2.28. The van der Waals surface area contributed by atoms with Crippen molar-refractivity contribution in [1.29, 1.82) is 0 Å². The summed E-state index contributed by atoms with van der Waals surface area (Å²) in [6.45, 7) is 3.32. The zero-order valence-corrected chi connectivity index (χ0v) is 10.9. The molecule has 0 aliphatic rings. The van der Waals surface area contributed by atoms with Crippen LogP contribution in [0.1, 0.15) is 19.4 Å². The van der Waals surface area contributed by atoms with Gasteiger partial charge in [-0.25, -0.2) is 4.39 Å². The van der Waals surface area contributed by atoms with E-state index in [1.54, 1.807) is 32.0 Å². The van der Waals surface area contributed by atoms with Gasteiger partial charge in [-0.1, -0.05) is 36.4 Å². The quantitative estimate of drug-likeness (QED) is 0.907. The van der Waals surface area contributed by atoms with Crippen molar-refractivity contribution in [3.63, 3.8) is 0 Å². The number of hydrogen-bond donors (Lipinski definition) is 1. The molecule has 0 saturated carbocycles. The third-order valence-electron chi connectivity index (χ3n) is 3.30. The SMILES string of the molecule is CC(C)(C(=O)O)c1ccc(-c2cccc(F)c2)cc1. The van der Waals surface area contributed by atoms with Crippen LogP contribution in [0.25, 0.3) is 11.1 Å². The molecule has 2 rings (SSSR count). The molecule has 0 unspecified atom stereocenters. The van der Waals surface area contributed by atoms with Gasteiger partial charge in [0.25, 0.3) is 0 Å². The molecular weight excluding hydrogens is 243 g/mol. The molecule has 0 aliphatic carbocycles. The normalized spacial score (nSPS) is 11.3. The maximum atomic E-state index is 13.1. The molecule has 0 atom stereocenters. The first kappa shape index (κ1) is 13.3. The van der Waals surface area contributed by atoms with Gasteiger partial charge >= 0.3 is 5.97 Å². The van der Waals surface area contributed by atoms with Gasteiger partial charge in [-0.3, -0.25) is 4.79 Å². The minimum atomic E-state index is -0.930. The highest BCUT2D eigenvalue weighted by Crippen LogP contribution is 2.27. The lowest BCUT2D eigenvalue weighted by Gasteiger charge is -2.19. The largest absolute Gasteiger partial charge is 0.481 e. The topological polar surface area (TPSA) is 37.3 Å². The van der Waals surface area contributed by atoms with Crippen molar-refractivity contribution >= 4 is 5.97 Å².